The number of aromatic nitrogens is 1. The van der Waals surface area contributed by atoms with E-state index in [1.807, 2.05) is 0 Å². The maximum atomic E-state index is 9.70. The lowest BCUT2D eigenvalue weighted by molar-refractivity contribution is -0.375. The molecule has 0 bridgehead atoms. The summed E-state index contributed by atoms with van der Waals surface area (Å²) in [7, 11) is 0. The van der Waals surface area contributed by atoms with Crippen molar-refractivity contribution >= 4 is 5.82 Å². The van der Waals surface area contributed by atoms with Gasteiger partial charge in [0, 0.05) is 18.4 Å². The van der Waals surface area contributed by atoms with Crippen molar-refractivity contribution in [2.45, 2.75) is 78.4 Å². The minimum Gasteiger partial charge on any atom is -0.370 e. The van der Waals surface area contributed by atoms with Crippen molar-refractivity contribution in [2.75, 3.05) is 11.9 Å². The fourth-order valence-electron chi connectivity index (χ4n) is 3.21. The van der Waals surface area contributed by atoms with E-state index >= 15 is 0 Å². The first kappa shape index (κ1) is 17.7. The average molecular weight is 316 g/mol. The molecule has 1 aromatic heterocycles. The second kappa shape index (κ2) is 7.79. The summed E-state index contributed by atoms with van der Waals surface area (Å²) in [5.74, 6) is 0.886. The number of aryl methyl sites for hydroxylation is 1. The summed E-state index contributed by atoms with van der Waals surface area (Å²) in [6.45, 7) is 10.0. The van der Waals surface area contributed by atoms with Gasteiger partial charge in [-0.25, -0.2) is 4.98 Å². The van der Waals surface area contributed by atoms with Crippen molar-refractivity contribution in [3.05, 3.63) is 22.4 Å². The van der Waals surface area contributed by atoms with Gasteiger partial charge in [-0.3, -0.25) is 5.32 Å². The summed E-state index contributed by atoms with van der Waals surface area (Å²) in [5.41, 5.74) is 4.09. The third-order valence-corrected chi connectivity index (χ3v) is 4.56. The first-order valence-electron chi connectivity index (χ1n) is 8.90. The number of hydrogen-bond acceptors (Lipinski definition) is 3. The zero-order valence-electron chi connectivity index (χ0n) is 15.0. The molecule has 0 aromatic carbocycles. The number of nitriles is 1. The van der Waals surface area contributed by atoms with E-state index in [0.29, 0.717) is 6.61 Å². The highest BCUT2D eigenvalue weighted by Gasteiger charge is 2.33. The van der Waals surface area contributed by atoms with E-state index in [1.54, 1.807) is 0 Å². The molecule has 23 heavy (non-hydrogen) atoms. The van der Waals surface area contributed by atoms with E-state index in [2.05, 4.69) is 44.1 Å². The highest BCUT2D eigenvalue weighted by atomic mass is 16.5. The lowest BCUT2D eigenvalue weighted by Gasteiger charge is -2.32. The van der Waals surface area contributed by atoms with Crippen LogP contribution in [0.3, 0.4) is 0 Å². The molecule has 0 atom stereocenters. The zero-order chi connectivity index (χ0) is 16.9. The Hall–Kier alpha value is -1.60. The van der Waals surface area contributed by atoms with E-state index < -0.39 is 0 Å². The molecule has 0 amide bonds. The fourth-order valence-corrected chi connectivity index (χ4v) is 3.21. The van der Waals surface area contributed by atoms with Gasteiger partial charge in [-0.2, -0.15) is 5.26 Å². The quantitative estimate of drug-likeness (QED) is 0.779. The van der Waals surface area contributed by atoms with Crippen LogP contribution >= 0.6 is 0 Å². The first-order valence-corrected chi connectivity index (χ1v) is 8.90. The number of rotatable bonds is 7. The van der Waals surface area contributed by atoms with Crippen LogP contribution in [-0.4, -0.2) is 12.1 Å². The number of pyridine rings is 1. The Bertz CT molecular complexity index is 587. The van der Waals surface area contributed by atoms with E-state index in [9.17, 15) is 5.26 Å². The van der Waals surface area contributed by atoms with Gasteiger partial charge in [0.05, 0.1) is 18.8 Å². The van der Waals surface area contributed by atoms with Crippen LogP contribution in [0, 0.1) is 11.3 Å². The van der Waals surface area contributed by atoms with Gasteiger partial charge in [-0.1, -0.05) is 26.7 Å². The largest absolute Gasteiger partial charge is 0.370 e. The Balaban J connectivity index is 2.27. The van der Waals surface area contributed by atoms with Crippen LogP contribution in [-0.2, 0) is 24.2 Å². The number of H-pyrrole nitrogens is 1. The van der Waals surface area contributed by atoms with E-state index in [1.165, 1.54) is 30.5 Å². The Kier molecular flexibility index (Phi) is 6.01. The molecule has 126 valence electrons. The summed E-state index contributed by atoms with van der Waals surface area (Å²) in [6, 6.07) is 2.42. The van der Waals surface area contributed by atoms with E-state index in [-0.39, 0.29) is 5.60 Å². The van der Waals surface area contributed by atoms with Gasteiger partial charge in [0.15, 0.2) is 0 Å². The molecule has 0 fully saturated rings. The monoisotopic (exact) mass is 316 g/mol. The molecule has 4 heteroatoms. The van der Waals surface area contributed by atoms with Crippen LogP contribution < -0.4 is 10.3 Å². The number of ether oxygens (including phenoxy) is 1. The number of anilines is 1. The predicted molar refractivity (Wildman–Crippen MR) is 92.3 cm³/mol. The number of nitrogens with zero attached hydrogens (tertiary/aromatic N) is 1. The summed E-state index contributed by atoms with van der Waals surface area (Å²) in [5, 5.41) is 13.2. The minimum absolute atomic E-state index is 0.205. The third-order valence-electron chi connectivity index (χ3n) is 4.56. The molecule has 1 aromatic rings. The number of hydrogen-bond donors (Lipinski definition) is 1. The normalized spacial score (nSPS) is 15.8. The molecule has 4 nitrogen and oxygen atoms in total. The number of nitrogens with one attached hydrogen (secondary N) is 2. The van der Waals surface area contributed by atoms with Crippen LogP contribution in [0.2, 0.25) is 0 Å². The van der Waals surface area contributed by atoms with Gasteiger partial charge in [0.1, 0.15) is 17.3 Å². The highest BCUT2D eigenvalue weighted by molar-refractivity contribution is 5.56. The van der Waals surface area contributed by atoms with Crippen molar-refractivity contribution in [2.24, 2.45) is 0 Å². The molecule has 0 spiro atoms. The second-order valence-electron chi connectivity index (χ2n) is 6.99. The zero-order valence-corrected chi connectivity index (χ0v) is 15.0. The molecule has 2 heterocycles. The standard InChI is InChI=1S/C19H29N3O/c1-5-7-8-9-10-21-18-15(12-20)14-11-19(3,4)23-13-16(14)17(6-2)22-18/h5-11,13H2,1-4H3,(H,21,22)/p+1. The third kappa shape index (κ3) is 4.23. The highest BCUT2D eigenvalue weighted by Crippen LogP contribution is 2.32. The van der Waals surface area contributed by atoms with Crippen molar-refractivity contribution in [1.29, 1.82) is 5.26 Å². The number of fused-ring (bicyclic) bond motifs is 1. The van der Waals surface area contributed by atoms with Gasteiger partial charge >= 0.3 is 0 Å². The Morgan fingerprint density at radius 2 is 2.00 bits per heavy atom. The lowest BCUT2D eigenvalue weighted by Crippen LogP contribution is -2.36. The van der Waals surface area contributed by atoms with Crippen LogP contribution in [0.25, 0.3) is 0 Å². The smallest absolute Gasteiger partial charge is 0.290 e. The molecule has 1 aliphatic rings. The molecule has 0 saturated carbocycles. The van der Waals surface area contributed by atoms with Gasteiger partial charge in [-0.15, -0.1) is 0 Å². The molecule has 0 unspecified atom stereocenters. The Morgan fingerprint density at radius 3 is 2.65 bits per heavy atom. The van der Waals surface area contributed by atoms with Crippen LogP contribution in [0.1, 0.15) is 75.8 Å². The minimum atomic E-state index is -0.205. The Labute approximate surface area is 140 Å². The average Bonchev–Trinajstić information content (AvgIpc) is 2.52. The fraction of sp³-hybridized carbons (Fsp3) is 0.684. The van der Waals surface area contributed by atoms with Gasteiger partial charge in [0.2, 0.25) is 0 Å². The molecular formula is C19H30N3O+. The predicted octanol–water partition coefficient (Wildman–Crippen LogP) is 3.78. The molecular weight excluding hydrogens is 286 g/mol. The van der Waals surface area contributed by atoms with E-state index in [4.69, 9.17) is 4.74 Å². The van der Waals surface area contributed by atoms with Gasteiger partial charge in [-0.05, 0) is 32.3 Å². The van der Waals surface area contributed by atoms with Crippen LogP contribution in [0.4, 0.5) is 5.82 Å². The van der Waals surface area contributed by atoms with Crippen LogP contribution in [0.15, 0.2) is 0 Å². The summed E-state index contributed by atoms with van der Waals surface area (Å²) < 4.78 is 5.95. The van der Waals surface area contributed by atoms with Crippen molar-refractivity contribution in [3.63, 3.8) is 0 Å². The molecule has 0 radical (unpaired) electrons. The van der Waals surface area contributed by atoms with E-state index in [0.717, 1.165) is 42.8 Å². The van der Waals surface area contributed by atoms with Crippen LogP contribution in [0.5, 0.6) is 0 Å². The number of aromatic amines is 1. The summed E-state index contributed by atoms with van der Waals surface area (Å²) in [6.07, 6.45) is 6.59. The Morgan fingerprint density at radius 1 is 1.22 bits per heavy atom. The molecule has 1 aliphatic heterocycles. The SMILES string of the molecule is CCCCCCNc1[nH+]c(CC)c2c(c1C#N)CC(C)(C)OC2. The topological polar surface area (TPSA) is 59.2 Å². The van der Waals surface area contributed by atoms with Gasteiger partial charge in [0.25, 0.3) is 5.82 Å². The van der Waals surface area contributed by atoms with Gasteiger partial charge < -0.3 is 4.74 Å². The van der Waals surface area contributed by atoms with Crippen molar-refractivity contribution < 1.29 is 9.72 Å². The maximum absolute atomic E-state index is 9.70. The number of unbranched alkanes of at least 4 members (excludes halogenated alkanes) is 3. The van der Waals surface area contributed by atoms with Crippen molar-refractivity contribution in [3.8, 4) is 6.07 Å². The molecule has 2 N–H and O–H groups in total. The summed E-state index contributed by atoms with van der Waals surface area (Å²) >= 11 is 0. The second-order valence-corrected chi connectivity index (χ2v) is 6.99. The molecule has 0 aliphatic carbocycles. The first-order chi connectivity index (χ1) is 11.0. The molecule has 0 saturated heterocycles. The lowest BCUT2D eigenvalue weighted by atomic mass is 9.87. The maximum Gasteiger partial charge on any atom is 0.290 e. The van der Waals surface area contributed by atoms with Crippen molar-refractivity contribution in [1.82, 2.24) is 0 Å². The molecule has 2 rings (SSSR count). The summed E-state index contributed by atoms with van der Waals surface area (Å²) in [4.78, 5) is 3.45.